The SMILES string of the molecule is CNC(Cc1cccnc1N)C(C)(C)N1CCCCC1. The molecule has 1 aromatic rings. The molecule has 0 spiro atoms. The monoisotopic (exact) mass is 276 g/mol. The predicted octanol–water partition coefficient (Wildman–Crippen LogP) is 2.06. The van der Waals surface area contributed by atoms with Gasteiger partial charge in [-0.1, -0.05) is 12.5 Å². The lowest BCUT2D eigenvalue weighted by Gasteiger charge is -2.46. The van der Waals surface area contributed by atoms with E-state index in [-0.39, 0.29) is 5.54 Å². The molecule has 20 heavy (non-hydrogen) atoms. The summed E-state index contributed by atoms with van der Waals surface area (Å²) in [5.41, 5.74) is 7.25. The Morgan fingerprint density at radius 2 is 2.05 bits per heavy atom. The minimum atomic E-state index is 0.122. The average molecular weight is 276 g/mol. The third-order valence-electron chi connectivity index (χ3n) is 4.72. The Kier molecular flexibility index (Phi) is 5.00. The van der Waals surface area contributed by atoms with Crippen molar-refractivity contribution in [2.75, 3.05) is 25.9 Å². The first kappa shape index (κ1) is 15.3. The average Bonchev–Trinajstić information content (AvgIpc) is 2.47. The number of anilines is 1. The van der Waals surface area contributed by atoms with Gasteiger partial charge in [0, 0.05) is 17.8 Å². The number of rotatable bonds is 5. The quantitative estimate of drug-likeness (QED) is 0.864. The summed E-state index contributed by atoms with van der Waals surface area (Å²) in [6.45, 7) is 7.08. The minimum Gasteiger partial charge on any atom is -0.383 e. The highest BCUT2D eigenvalue weighted by Crippen LogP contribution is 2.26. The summed E-state index contributed by atoms with van der Waals surface area (Å²) in [4.78, 5) is 6.81. The largest absolute Gasteiger partial charge is 0.383 e. The molecule has 0 aliphatic carbocycles. The molecule has 1 saturated heterocycles. The van der Waals surface area contributed by atoms with E-state index in [0.29, 0.717) is 11.9 Å². The van der Waals surface area contributed by atoms with Gasteiger partial charge in [-0.15, -0.1) is 0 Å². The van der Waals surface area contributed by atoms with Crippen LogP contribution in [0.4, 0.5) is 5.82 Å². The molecule has 1 fully saturated rings. The molecule has 0 aromatic carbocycles. The van der Waals surface area contributed by atoms with Crippen molar-refractivity contribution in [1.29, 1.82) is 0 Å². The van der Waals surface area contributed by atoms with Gasteiger partial charge in [0.15, 0.2) is 0 Å². The maximum atomic E-state index is 5.99. The molecule has 0 radical (unpaired) electrons. The molecule has 1 aromatic heterocycles. The van der Waals surface area contributed by atoms with Gasteiger partial charge in [-0.2, -0.15) is 0 Å². The van der Waals surface area contributed by atoms with Crippen LogP contribution in [0.2, 0.25) is 0 Å². The normalized spacial score (nSPS) is 18.9. The van der Waals surface area contributed by atoms with E-state index in [1.165, 1.54) is 32.4 Å². The van der Waals surface area contributed by atoms with Gasteiger partial charge in [-0.05, 0) is 64.9 Å². The van der Waals surface area contributed by atoms with E-state index >= 15 is 0 Å². The fourth-order valence-corrected chi connectivity index (χ4v) is 3.24. The zero-order chi connectivity index (χ0) is 14.6. The molecule has 112 valence electrons. The van der Waals surface area contributed by atoms with E-state index in [4.69, 9.17) is 5.73 Å². The molecule has 4 nitrogen and oxygen atoms in total. The van der Waals surface area contributed by atoms with Crippen molar-refractivity contribution in [3.8, 4) is 0 Å². The third kappa shape index (κ3) is 3.30. The molecule has 1 aliphatic heterocycles. The second-order valence-corrected chi connectivity index (χ2v) is 6.29. The molecule has 1 atom stereocenters. The lowest BCUT2D eigenvalue weighted by Crippen LogP contribution is -2.59. The Labute approximate surface area is 122 Å². The van der Waals surface area contributed by atoms with Crippen molar-refractivity contribution in [1.82, 2.24) is 15.2 Å². The first-order chi connectivity index (χ1) is 9.55. The summed E-state index contributed by atoms with van der Waals surface area (Å²) in [7, 11) is 2.04. The zero-order valence-electron chi connectivity index (χ0n) is 13.0. The number of likely N-dealkylation sites (tertiary alicyclic amines) is 1. The molecule has 3 N–H and O–H groups in total. The van der Waals surface area contributed by atoms with Crippen LogP contribution in [0.3, 0.4) is 0 Å². The van der Waals surface area contributed by atoms with E-state index in [9.17, 15) is 0 Å². The summed E-state index contributed by atoms with van der Waals surface area (Å²) in [5, 5.41) is 3.49. The Morgan fingerprint density at radius 1 is 1.35 bits per heavy atom. The number of nitrogens with zero attached hydrogens (tertiary/aromatic N) is 2. The third-order valence-corrected chi connectivity index (χ3v) is 4.72. The van der Waals surface area contributed by atoms with Gasteiger partial charge in [0.05, 0.1) is 0 Å². The standard InChI is InChI=1S/C16H28N4/c1-16(2,20-10-5-4-6-11-20)14(18-3)12-13-8-7-9-19-15(13)17/h7-9,14,18H,4-6,10-12H2,1-3H3,(H2,17,19). The van der Waals surface area contributed by atoms with Crippen LogP contribution in [0, 0.1) is 0 Å². The minimum absolute atomic E-state index is 0.122. The number of aromatic nitrogens is 1. The Balaban J connectivity index is 2.12. The lowest BCUT2D eigenvalue weighted by molar-refractivity contribution is 0.0636. The number of hydrogen-bond acceptors (Lipinski definition) is 4. The van der Waals surface area contributed by atoms with Crippen molar-refractivity contribution in [3.05, 3.63) is 23.9 Å². The van der Waals surface area contributed by atoms with Gasteiger partial charge >= 0.3 is 0 Å². The smallest absolute Gasteiger partial charge is 0.126 e. The summed E-state index contributed by atoms with van der Waals surface area (Å²) < 4.78 is 0. The van der Waals surface area contributed by atoms with Crippen molar-refractivity contribution in [2.45, 2.75) is 51.1 Å². The lowest BCUT2D eigenvalue weighted by atomic mass is 9.86. The highest BCUT2D eigenvalue weighted by Gasteiger charge is 2.35. The number of nitrogens with two attached hydrogens (primary N) is 1. The molecule has 0 saturated carbocycles. The number of piperidine rings is 1. The van der Waals surface area contributed by atoms with Crippen LogP contribution in [0.15, 0.2) is 18.3 Å². The number of likely N-dealkylation sites (N-methyl/N-ethyl adjacent to an activating group) is 1. The Bertz CT molecular complexity index is 424. The second-order valence-electron chi connectivity index (χ2n) is 6.29. The zero-order valence-corrected chi connectivity index (χ0v) is 13.0. The van der Waals surface area contributed by atoms with Crippen LogP contribution in [0.5, 0.6) is 0 Å². The molecule has 1 unspecified atom stereocenters. The molecule has 0 amide bonds. The molecule has 4 heteroatoms. The van der Waals surface area contributed by atoms with Gasteiger partial charge in [0.25, 0.3) is 0 Å². The van der Waals surface area contributed by atoms with Gasteiger partial charge in [0.1, 0.15) is 5.82 Å². The van der Waals surface area contributed by atoms with E-state index in [2.05, 4.69) is 35.1 Å². The van der Waals surface area contributed by atoms with E-state index in [0.717, 1.165) is 12.0 Å². The maximum Gasteiger partial charge on any atom is 0.126 e. The van der Waals surface area contributed by atoms with E-state index < -0.39 is 0 Å². The molecule has 2 rings (SSSR count). The van der Waals surface area contributed by atoms with Crippen molar-refractivity contribution >= 4 is 5.82 Å². The van der Waals surface area contributed by atoms with E-state index in [1.54, 1.807) is 6.20 Å². The second kappa shape index (κ2) is 6.55. The summed E-state index contributed by atoms with van der Waals surface area (Å²) >= 11 is 0. The van der Waals surface area contributed by atoms with Crippen LogP contribution in [0.25, 0.3) is 0 Å². The molecular formula is C16H28N4. The fraction of sp³-hybridized carbons (Fsp3) is 0.688. The number of nitrogen functional groups attached to an aromatic ring is 1. The van der Waals surface area contributed by atoms with Crippen LogP contribution >= 0.6 is 0 Å². The predicted molar refractivity (Wildman–Crippen MR) is 84.7 cm³/mol. The summed E-state index contributed by atoms with van der Waals surface area (Å²) in [5.74, 6) is 0.655. The molecule has 1 aliphatic rings. The molecule has 2 heterocycles. The van der Waals surface area contributed by atoms with E-state index in [1.807, 2.05) is 13.1 Å². The summed E-state index contributed by atoms with van der Waals surface area (Å²) in [6.07, 6.45) is 6.67. The first-order valence-electron chi connectivity index (χ1n) is 7.67. The maximum absolute atomic E-state index is 5.99. The number of hydrogen-bond donors (Lipinski definition) is 2. The van der Waals surface area contributed by atoms with Crippen molar-refractivity contribution in [3.63, 3.8) is 0 Å². The Hall–Kier alpha value is -1.13. The number of pyridine rings is 1. The van der Waals surface area contributed by atoms with Crippen molar-refractivity contribution in [2.24, 2.45) is 0 Å². The first-order valence-corrected chi connectivity index (χ1v) is 7.67. The van der Waals surface area contributed by atoms with Gasteiger partial charge in [0.2, 0.25) is 0 Å². The number of nitrogens with one attached hydrogen (secondary N) is 1. The van der Waals surface area contributed by atoms with Crippen molar-refractivity contribution < 1.29 is 0 Å². The fourth-order valence-electron chi connectivity index (χ4n) is 3.24. The summed E-state index contributed by atoms with van der Waals surface area (Å²) in [6, 6.07) is 4.41. The van der Waals surface area contributed by atoms with Gasteiger partial charge in [-0.3, -0.25) is 4.90 Å². The van der Waals surface area contributed by atoms with Gasteiger partial charge < -0.3 is 11.1 Å². The topological polar surface area (TPSA) is 54.2 Å². The highest BCUT2D eigenvalue weighted by atomic mass is 15.2. The van der Waals surface area contributed by atoms with Crippen LogP contribution in [-0.2, 0) is 6.42 Å². The van der Waals surface area contributed by atoms with Crippen LogP contribution in [0.1, 0.15) is 38.7 Å². The highest BCUT2D eigenvalue weighted by molar-refractivity contribution is 5.39. The Morgan fingerprint density at radius 3 is 2.65 bits per heavy atom. The molecule has 0 bridgehead atoms. The van der Waals surface area contributed by atoms with Gasteiger partial charge in [-0.25, -0.2) is 4.98 Å². The molecular weight excluding hydrogens is 248 g/mol. The van der Waals surface area contributed by atoms with Crippen LogP contribution < -0.4 is 11.1 Å². The van der Waals surface area contributed by atoms with Crippen LogP contribution in [-0.4, -0.2) is 41.6 Å².